The molecule has 2 aliphatic rings. The third-order valence-corrected chi connectivity index (χ3v) is 5.42. The molecule has 0 unspecified atom stereocenters. The Kier molecular flexibility index (Phi) is 4.92. The lowest BCUT2D eigenvalue weighted by Gasteiger charge is -2.32. The highest BCUT2D eigenvalue weighted by molar-refractivity contribution is 5.93. The maximum Gasteiger partial charge on any atom is 0.276 e. The maximum absolute atomic E-state index is 13.9. The number of piperidine rings is 1. The van der Waals surface area contributed by atoms with Gasteiger partial charge in [0.1, 0.15) is 5.82 Å². The minimum atomic E-state index is -0.422. The van der Waals surface area contributed by atoms with Crippen LogP contribution in [-0.2, 0) is 4.79 Å². The molecular weight excluding hydrogens is 349 g/mol. The van der Waals surface area contributed by atoms with Gasteiger partial charge in [0.25, 0.3) is 5.91 Å². The van der Waals surface area contributed by atoms with Crippen LogP contribution in [0, 0.1) is 11.7 Å². The van der Waals surface area contributed by atoms with Crippen molar-refractivity contribution in [2.45, 2.75) is 25.7 Å². The minimum Gasteiger partial charge on any atom is -0.355 e. The first kappa shape index (κ1) is 17.7. The summed E-state index contributed by atoms with van der Waals surface area (Å²) in [7, 11) is 0. The van der Waals surface area contributed by atoms with E-state index >= 15 is 0 Å². The Balaban J connectivity index is 1.38. The van der Waals surface area contributed by atoms with Gasteiger partial charge in [-0.15, -0.1) is 0 Å². The molecule has 0 radical (unpaired) electrons. The summed E-state index contributed by atoms with van der Waals surface area (Å²) in [5.74, 6) is -0.209. The van der Waals surface area contributed by atoms with Crippen molar-refractivity contribution in [1.29, 1.82) is 0 Å². The third kappa shape index (κ3) is 3.59. The fourth-order valence-corrected chi connectivity index (χ4v) is 3.85. The highest BCUT2D eigenvalue weighted by Gasteiger charge is 2.32. The van der Waals surface area contributed by atoms with Crippen LogP contribution in [0.5, 0.6) is 0 Å². The molecule has 4 rings (SSSR count). The van der Waals surface area contributed by atoms with E-state index in [-0.39, 0.29) is 34.7 Å². The van der Waals surface area contributed by atoms with Crippen LogP contribution in [0.25, 0.3) is 11.3 Å². The molecule has 0 aliphatic carbocycles. The molecule has 27 heavy (non-hydrogen) atoms. The summed E-state index contributed by atoms with van der Waals surface area (Å²) in [4.78, 5) is 28.8. The van der Waals surface area contributed by atoms with Crippen LogP contribution in [0.2, 0.25) is 0 Å². The number of aromatic nitrogens is 1. The summed E-state index contributed by atoms with van der Waals surface area (Å²) >= 11 is 0. The van der Waals surface area contributed by atoms with Crippen LogP contribution >= 0.6 is 0 Å². The van der Waals surface area contributed by atoms with Crippen molar-refractivity contribution in [1.82, 2.24) is 15.0 Å². The Morgan fingerprint density at radius 3 is 2.44 bits per heavy atom. The fourth-order valence-electron chi connectivity index (χ4n) is 3.85. The van der Waals surface area contributed by atoms with E-state index < -0.39 is 5.82 Å². The van der Waals surface area contributed by atoms with Crippen LogP contribution in [0.1, 0.15) is 36.2 Å². The Hall–Kier alpha value is -2.70. The average Bonchev–Trinajstić information content (AvgIpc) is 3.39. The molecule has 1 aromatic heterocycles. The number of benzene rings is 1. The molecule has 3 heterocycles. The van der Waals surface area contributed by atoms with Crippen molar-refractivity contribution in [3.63, 3.8) is 0 Å². The van der Waals surface area contributed by atoms with Crippen molar-refractivity contribution in [3.8, 4) is 11.3 Å². The van der Waals surface area contributed by atoms with Crippen molar-refractivity contribution in [2.24, 2.45) is 5.92 Å². The van der Waals surface area contributed by atoms with Crippen LogP contribution in [0.4, 0.5) is 4.39 Å². The second kappa shape index (κ2) is 7.50. The second-order valence-electron chi connectivity index (χ2n) is 7.16. The first-order chi connectivity index (χ1) is 13.1. The lowest BCUT2D eigenvalue weighted by molar-refractivity contribution is -0.135. The molecule has 0 saturated carbocycles. The normalized spacial score (nSPS) is 18.1. The van der Waals surface area contributed by atoms with E-state index in [1.165, 1.54) is 12.1 Å². The molecule has 2 saturated heterocycles. The van der Waals surface area contributed by atoms with Gasteiger partial charge >= 0.3 is 0 Å². The number of halogens is 1. The molecule has 0 bridgehead atoms. The monoisotopic (exact) mass is 371 g/mol. The first-order valence-electron chi connectivity index (χ1n) is 9.43. The molecule has 2 amide bonds. The topological polar surface area (TPSA) is 66.7 Å². The summed E-state index contributed by atoms with van der Waals surface area (Å²) < 4.78 is 19.0. The molecule has 2 aliphatic heterocycles. The number of hydrogen-bond acceptors (Lipinski definition) is 4. The third-order valence-electron chi connectivity index (χ3n) is 5.42. The molecule has 6 nitrogen and oxygen atoms in total. The van der Waals surface area contributed by atoms with Gasteiger partial charge in [-0.3, -0.25) is 9.59 Å². The highest BCUT2D eigenvalue weighted by atomic mass is 19.1. The predicted octanol–water partition coefficient (Wildman–Crippen LogP) is 2.96. The van der Waals surface area contributed by atoms with Crippen molar-refractivity contribution in [2.75, 3.05) is 26.2 Å². The maximum atomic E-state index is 13.9. The molecule has 142 valence electrons. The number of nitrogens with zero attached hydrogens (tertiary/aromatic N) is 3. The zero-order chi connectivity index (χ0) is 18.8. The van der Waals surface area contributed by atoms with Gasteiger partial charge in [0.05, 0.1) is 5.56 Å². The summed E-state index contributed by atoms with van der Waals surface area (Å²) in [5, 5.41) is 3.82. The molecule has 0 atom stereocenters. The van der Waals surface area contributed by atoms with Crippen molar-refractivity contribution < 1.29 is 18.5 Å². The predicted molar refractivity (Wildman–Crippen MR) is 96.3 cm³/mol. The fraction of sp³-hybridized carbons (Fsp3) is 0.450. The molecule has 0 N–H and O–H groups in total. The van der Waals surface area contributed by atoms with E-state index in [0.29, 0.717) is 25.9 Å². The summed E-state index contributed by atoms with van der Waals surface area (Å²) in [6.45, 7) is 2.75. The van der Waals surface area contributed by atoms with Gasteiger partial charge in [-0.25, -0.2) is 4.39 Å². The van der Waals surface area contributed by atoms with E-state index in [0.717, 1.165) is 25.9 Å². The largest absolute Gasteiger partial charge is 0.355 e. The standard InChI is InChI=1S/C20H22FN3O3/c21-16-6-2-1-5-15(16)18-13-17(22-27-18)20(26)24-11-7-14(8-12-24)19(25)23-9-3-4-10-23/h1-2,5-6,13-14H,3-4,7-12H2. The lowest BCUT2D eigenvalue weighted by Crippen LogP contribution is -2.43. The minimum absolute atomic E-state index is 0.00145. The van der Waals surface area contributed by atoms with Gasteiger partial charge < -0.3 is 14.3 Å². The van der Waals surface area contributed by atoms with Crippen molar-refractivity contribution >= 4 is 11.8 Å². The van der Waals surface area contributed by atoms with Gasteiger partial charge in [0.2, 0.25) is 5.91 Å². The Bertz CT molecular complexity index is 837. The molecule has 2 aromatic rings. The van der Waals surface area contributed by atoms with E-state index in [2.05, 4.69) is 5.16 Å². The van der Waals surface area contributed by atoms with Crippen molar-refractivity contribution in [3.05, 3.63) is 41.8 Å². The molecule has 2 fully saturated rings. The smallest absolute Gasteiger partial charge is 0.276 e. The number of hydrogen-bond donors (Lipinski definition) is 0. The average molecular weight is 371 g/mol. The first-order valence-corrected chi connectivity index (χ1v) is 9.43. The second-order valence-corrected chi connectivity index (χ2v) is 7.16. The van der Waals surface area contributed by atoms with Gasteiger partial charge in [-0.05, 0) is 37.8 Å². The van der Waals surface area contributed by atoms with Gasteiger partial charge in [-0.1, -0.05) is 17.3 Å². The summed E-state index contributed by atoms with van der Waals surface area (Å²) in [6.07, 6.45) is 3.50. The van der Waals surface area contributed by atoms with E-state index in [4.69, 9.17) is 4.52 Å². The van der Waals surface area contributed by atoms with Crippen LogP contribution in [-0.4, -0.2) is 52.9 Å². The number of carbonyl (C=O) groups is 2. The quantitative estimate of drug-likeness (QED) is 0.832. The zero-order valence-corrected chi connectivity index (χ0v) is 15.1. The Morgan fingerprint density at radius 2 is 1.74 bits per heavy atom. The lowest BCUT2D eigenvalue weighted by atomic mass is 9.95. The van der Waals surface area contributed by atoms with E-state index in [1.54, 1.807) is 23.1 Å². The summed E-state index contributed by atoms with van der Waals surface area (Å²) in [6, 6.07) is 7.68. The SMILES string of the molecule is O=C(c1cc(-c2ccccc2F)on1)N1CCC(C(=O)N2CCCC2)CC1. The number of carbonyl (C=O) groups excluding carboxylic acids is 2. The zero-order valence-electron chi connectivity index (χ0n) is 15.1. The van der Waals surface area contributed by atoms with E-state index in [9.17, 15) is 14.0 Å². The van der Waals surface area contributed by atoms with Crippen LogP contribution in [0.3, 0.4) is 0 Å². The molecule has 0 spiro atoms. The summed E-state index contributed by atoms with van der Waals surface area (Å²) in [5.41, 5.74) is 0.441. The number of rotatable bonds is 3. The molecule has 1 aromatic carbocycles. The van der Waals surface area contributed by atoms with Gasteiger partial charge in [0, 0.05) is 38.2 Å². The van der Waals surface area contributed by atoms with E-state index in [1.807, 2.05) is 4.90 Å². The Morgan fingerprint density at radius 1 is 1.04 bits per heavy atom. The number of likely N-dealkylation sites (tertiary alicyclic amines) is 2. The van der Waals surface area contributed by atoms with Crippen LogP contribution in [0.15, 0.2) is 34.9 Å². The molecule has 7 heteroatoms. The van der Waals surface area contributed by atoms with Crippen LogP contribution < -0.4 is 0 Å². The van der Waals surface area contributed by atoms with Gasteiger partial charge in [0.15, 0.2) is 11.5 Å². The highest BCUT2D eigenvalue weighted by Crippen LogP contribution is 2.26. The van der Waals surface area contributed by atoms with Gasteiger partial charge in [-0.2, -0.15) is 0 Å². The number of amides is 2. The molecular formula is C20H22FN3O3. The Labute approximate surface area is 156 Å².